The molecule has 2 N–H and O–H groups in total. The van der Waals surface area contributed by atoms with Crippen molar-refractivity contribution in [3.8, 4) is 0 Å². The second-order valence-corrected chi connectivity index (χ2v) is 20.7. The van der Waals surface area contributed by atoms with E-state index in [0.29, 0.717) is 19.3 Å². The molecule has 0 aliphatic carbocycles. The van der Waals surface area contributed by atoms with Crippen LogP contribution < -0.4 is 0 Å². The quantitative estimate of drug-likeness (QED) is 0.120. The first-order valence-electron chi connectivity index (χ1n) is 25.0. The van der Waals surface area contributed by atoms with E-state index in [1.54, 1.807) is 53.6 Å². The number of aliphatic hydroxyl groups excluding tert-OH is 1. The van der Waals surface area contributed by atoms with Crippen LogP contribution in [0, 0.1) is 17.8 Å². The number of allylic oxidation sites excluding steroid dienone is 2. The van der Waals surface area contributed by atoms with Gasteiger partial charge in [-0.15, -0.1) is 0 Å². The molecule has 4 aliphatic heterocycles. The van der Waals surface area contributed by atoms with E-state index in [0.717, 1.165) is 12.7 Å². The molecule has 0 aromatic heterocycles. The highest BCUT2D eigenvalue weighted by atomic mass is 16.7. The van der Waals surface area contributed by atoms with Crippen molar-refractivity contribution in [2.75, 3.05) is 35.3 Å². The Morgan fingerprint density at radius 2 is 1.58 bits per heavy atom. The van der Waals surface area contributed by atoms with E-state index in [1.807, 2.05) is 66.1 Å². The summed E-state index contributed by atoms with van der Waals surface area (Å²) >= 11 is 0. The van der Waals surface area contributed by atoms with Crippen LogP contribution in [-0.2, 0) is 66.5 Å². The predicted molar refractivity (Wildman–Crippen MR) is 254 cm³/mol. The predicted octanol–water partition coefficient (Wildman–Crippen LogP) is 4.88. The maximum atomic E-state index is 13.6. The van der Waals surface area contributed by atoms with Crippen molar-refractivity contribution in [3.63, 3.8) is 0 Å². The molecule has 18 unspecified atom stereocenters. The van der Waals surface area contributed by atoms with Gasteiger partial charge >= 0.3 is 17.9 Å². The standard InChI is InChI=1S/C51H86N2O16/c1-15-39(55)65-38-27-41(57)61-31(5)19-17-16-18-20-37(66-42-22-21-36(52(10)11)32(6)62-42)30(4)26-35(23-24-54)47(48(38)60-14)69-50-45(58)44(53(12)13)46(33(7)64-50)68-43-28-51(9,59)49(34(8)63-43)67-40(56)25-29(2)3/h16-18,20,24,29-38,42-50,58-59H,15,19,21-23,25-28H2,1-14H3/t30?,31?,32?,33?,34?,35?,36?,37?,38?,42?,43?,44?,45?,46?,47?,48?,49?,50?,51-/m1/s1. The van der Waals surface area contributed by atoms with E-state index < -0.39 is 115 Å². The van der Waals surface area contributed by atoms with Crippen LogP contribution in [0.15, 0.2) is 24.3 Å². The molecule has 0 amide bonds. The summed E-state index contributed by atoms with van der Waals surface area (Å²) in [6.45, 7) is 16.3. The number of carbonyl (C=O) groups excluding carboxylic acids is 4. The van der Waals surface area contributed by atoms with Crippen LogP contribution in [0.3, 0.4) is 0 Å². The van der Waals surface area contributed by atoms with E-state index in [1.165, 1.54) is 7.11 Å². The third-order valence-corrected chi connectivity index (χ3v) is 13.7. The number of cyclic esters (lactones) is 1. The van der Waals surface area contributed by atoms with Crippen molar-refractivity contribution in [2.45, 2.75) is 224 Å². The second kappa shape index (κ2) is 27.3. The number of nitrogens with zero attached hydrogens (tertiary/aromatic N) is 2. The van der Waals surface area contributed by atoms with Gasteiger partial charge in [-0.3, -0.25) is 14.4 Å². The fourth-order valence-corrected chi connectivity index (χ4v) is 10.2. The Labute approximate surface area is 410 Å². The molecule has 0 saturated carbocycles. The number of carbonyl (C=O) groups is 4. The smallest absolute Gasteiger partial charge is 0.309 e. The topological polar surface area (TPSA) is 208 Å². The zero-order chi connectivity index (χ0) is 51.3. The molecule has 4 rings (SSSR count). The van der Waals surface area contributed by atoms with Gasteiger partial charge in [0, 0.05) is 45.3 Å². The molecule has 0 spiro atoms. The highest BCUT2D eigenvalue weighted by Crippen LogP contribution is 2.38. The number of hydrogen-bond donors (Lipinski definition) is 2. The van der Waals surface area contributed by atoms with Gasteiger partial charge in [0.1, 0.15) is 42.4 Å². The third-order valence-electron chi connectivity index (χ3n) is 13.7. The van der Waals surface area contributed by atoms with Crippen molar-refractivity contribution in [1.82, 2.24) is 9.80 Å². The summed E-state index contributed by atoms with van der Waals surface area (Å²) in [5.41, 5.74) is -1.51. The molecule has 0 radical (unpaired) electrons. The van der Waals surface area contributed by atoms with Crippen LogP contribution in [0.2, 0.25) is 0 Å². The van der Waals surface area contributed by atoms with Crippen molar-refractivity contribution >= 4 is 24.2 Å². The van der Waals surface area contributed by atoms with Gasteiger partial charge < -0.3 is 72.2 Å². The maximum Gasteiger partial charge on any atom is 0.309 e. The maximum absolute atomic E-state index is 13.6. The van der Waals surface area contributed by atoms with Crippen molar-refractivity contribution in [3.05, 3.63) is 24.3 Å². The Morgan fingerprint density at radius 3 is 2.17 bits per heavy atom. The summed E-state index contributed by atoms with van der Waals surface area (Å²) in [5, 5.41) is 24.0. The summed E-state index contributed by atoms with van der Waals surface area (Å²) in [6.07, 6.45) is -1.73. The van der Waals surface area contributed by atoms with Crippen LogP contribution in [0.25, 0.3) is 0 Å². The van der Waals surface area contributed by atoms with Crippen molar-refractivity contribution < 1.29 is 76.8 Å². The third kappa shape index (κ3) is 16.8. The summed E-state index contributed by atoms with van der Waals surface area (Å²) < 4.78 is 63.0. The lowest BCUT2D eigenvalue weighted by molar-refractivity contribution is -0.344. The average molecular weight is 983 g/mol. The molecule has 396 valence electrons. The van der Waals surface area contributed by atoms with Crippen LogP contribution in [0.4, 0.5) is 0 Å². The monoisotopic (exact) mass is 983 g/mol. The summed E-state index contributed by atoms with van der Waals surface area (Å²) in [7, 11) is 9.03. The van der Waals surface area contributed by atoms with Gasteiger partial charge in [0.2, 0.25) is 0 Å². The molecular formula is C51H86N2O16. The first-order valence-corrected chi connectivity index (χ1v) is 25.0. The summed E-state index contributed by atoms with van der Waals surface area (Å²) in [6, 6.07) is -0.551. The fourth-order valence-electron chi connectivity index (χ4n) is 10.2. The van der Waals surface area contributed by atoms with Gasteiger partial charge in [-0.25, -0.2) is 0 Å². The number of ether oxygens (including phenoxy) is 10. The van der Waals surface area contributed by atoms with Crippen LogP contribution in [-0.4, -0.2) is 183 Å². The molecule has 4 heterocycles. The molecule has 3 saturated heterocycles. The number of esters is 3. The molecular weight excluding hydrogens is 897 g/mol. The highest BCUT2D eigenvalue weighted by Gasteiger charge is 2.53. The lowest BCUT2D eigenvalue weighted by Gasteiger charge is -2.50. The van der Waals surface area contributed by atoms with Gasteiger partial charge in [0.25, 0.3) is 0 Å². The Morgan fingerprint density at radius 1 is 0.884 bits per heavy atom. The SMILES string of the molecule is CCC(=O)OC1CC(=O)OC(C)CC=CC=CC(OC2CCC(N(C)C)C(C)O2)C(C)CC(CC=O)C(OC2OC(C)C(OC3C[C@@](C)(O)C(OC(=O)CC(C)C)C(C)O3)C(N(C)C)C2O)C1OC. The Kier molecular flexibility index (Phi) is 23.2. The first-order chi connectivity index (χ1) is 32.5. The molecule has 69 heavy (non-hydrogen) atoms. The van der Waals surface area contributed by atoms with Crippen LogP contribution in [0.5, 0.6) is 0 Å². The van der Waals surface area contributed by atoms with Crippen LogP contribution in [0.1, 0.15) is 120 Å². The number of aliphatic hydroxyl groups is 2. The molecule has 18 heteroatoms. The fraction of sp³-hybridized carbons (Fsp3) is 0.843. The zero-order valence-corrected chi connectivity index (χ0v) is 43.7. The van der Waals surface area contributed by atoms with Gasteiger partial charge in [-0.1, -0.05) is 52.0 Å². The van der Waals surface area contributed by atoms with Crippen molar-refractivity contribution in [2.24, 2.45) is 17.8 Å². The van der Waals surface area contributed by atoms with E-state index in [-0.39, 0.29) is 56.1 Å². The van der Waals surface area contributed by atoms with Crippen molar-refractivity contribution in [1.29, 1.82) is 0 Å². The number of methoxy groups -OCH3 is 1. The van der Waals surface area contributed by atoms with E-state index in [9.17, 15) is 29.4 Å². The molecule has 3 fully saturated rings. The number of likely N-dealkylation sites (N-methyl/N-ethyl adjacent to an activating group) is 2. The molecule has 18 nitrogen and oxygen atoms in total. The van der Waals surface area contributed by atoms with E-state index in [4.69, 9.17) is 47.4 Å². The number of hydrogen-bond acceptors (Lipinski definition) is 18. The number of rotatable bonds is 16. The Hall–Kier alpha value is -2.88. The molecule has 0 aromatic carbocycles. The van der Waals surface area contributed by atoms with Crippen LogP contribution >= 0.6 is 0 Å². The number of aldehydes is 1. The average Bonchev–Trinajstić information content (AvgIpc) is 3.24. The van der Waals surface area contributed by atoms with E-state index >= 15 is 0 Å². The molecule has 0 aromatic rings. The van der Waals surface area contributed by atoms with Gasteiger partial charge in [-0.2, -0.15) is 0 Å². The minimum atomic E-state index is -1.51. The highest BCUT2D eigenvalue weighted by molar-refractivity contribution is 5.72. The first kappa shape index (κ1) is 58.7. The second-order valence-electron chi connectivity index (χ2n) is 20.7. The molecule has 0 bridgehead atoms. The summed E-state index contributed by atoms with van der Waals surface area (Å²) in [4.78, 5) is 56.1. The lowest BCUT2D eigenvalue weighted by atomic mass is 9.82. The minimum Gasteiger partial charge on any atom is -0.462 e. The Bertz CT molecular complexity index is 1680. The van der Waals surface area contributed by atoms with E-state index in [2.05, 4.69) is 4.90 Å². The van der Waals surface area contributed by atoms with Gasteiger partial charge in [0.15, 0.2) is 25.0 Å². The lowest BCUT2D eigenvalue weighted by Crippen LogP contribution is -2.66. The minimum absolute atomic E-state index is 0.00271. The van der Waals surface area contributed by atoms with Gasteiger partial charge in [0.05, 0.1) is 43.0 Å². The van der Waals surface area contributed by atoms with Gasteiger partial charge in [-0.05, 0) is 99.8 Å². The Balaban J connectivity index is 1.71. The zero-order valence-electron chi connectivity index (χ0n) is 43.7. The summed E-state index contributed by atoms with van der Waals surface area (Å²) in [5.74, 6) is -2.53. The molecule has 4 aliphatic rings. The largest absolute Gasteiger partial charge is 0.462 e. The molecule has 19 atom stereocenters. The normalized spacial score (nSPS) is 39.8.